The summed E-state index contributed by atoms with van der Waals surface area (Å²) in [5.41, 5.74) is 8.74. The van der Waals surface area contributed by atoms with Crippen LogP contribution in [0.1, 0.15) is 25.3 Å². The van der Waals surface area contributed by atoms with Gasteiger partial charge in [-0.1, -0.05) is 6.92 Å². The summed E-state index contributed by atoms with van der Waals surface area (Å²) in [5.74, 6) is -0.169. The average molecular weight is 261 g/mol. The van der Waals surface area contributed by atoms with Crippen LogP contribution in [0.5, 0.6) is 0 Å². The lowest BCUT2D eigenvalue weighted by molar-refractivity contribution is -0.119. The second kappa shape index (κ2) is 6.06. The van der Waals surface area contributed by atoms with Crippen LogP contribution in [-0.4, -0.2) is 25.5 Å². The predicted molar refractivity (Wildman–Crippen MR) is 79.5 cm³/mol. The minimum Gasteiger partial charge on any atom is -0.372 e. The zero-order valence-electron chi connectivity index (χ0n) is 11.8. The molecule has 1 aliphatic rings. The highest BCUT2D eigenvalue weighted by molar-refractivity contribution is 5.93. The second-order valence-corrected chi connectivity index (χ2v) is 5.32. The van der Waals surface area contributed by atoms with Gasteiger partial charge in [0.25, 0.3) is 0 Å². The molecule has 1 aliphatic heterocycles. The van der Waals surface area contributed by atoms with E-state index in [9.17, 15) is 4.79 Å². The molecule has 19 heavy (non-hydrogen) atoms. The Balaban J connectivity index is 2.08. The van der Waals surface area contributed by atoms with E-state index in [0.29, 0.717) is 6.54 Å². The van der Waals surface area contributed by atoms with Crippen molar-refractivity contribution in [3.63, 3.8) is 0 Å². The van der Waals surface area contributed by atoms with Crippen LogP contribution in [0.15, 0.2) is 18.2 Å². The molecule has 1 atom stereocenters. The monoisotopic (exact) mass is 261 g/mol. The highest BCUT2D eigenvalue weighted by Crippen LogP contribution is 2.25. The van der Waals surface area contributed by atoms with Crippen LogP contribution in [0, 0.1) is 12.8 Å². The fraction of sp³-hybridized carbons (Fsp3) is 0.533. The van der Waals surface area contributed by atoms with Gasteiger partial charge in [-0.15, -0.1) is 0 Å². The van der Waals surface area contributed by atoms with Crippen molar-refractivity contribution in [2.45, 2.75) is 26.7 Å². The van der Waals surface area contributed by atoms with Gasteiger partial charge in [-0.05, 0) is 43.5 Å². The Labute approximate surface area is 115 Å². The van der Waals surface area contributed by atoms with Gasteiger partial charge in [0.05, 0.1) is 0 Å². The lowest BCUT2D eigenvalue weighted by atomic mass is 10.1. The maximum absolute atomic E-state index is 11.8. The molecule has 0 aromatic heterocycles. The first-order valence-electron chi connectivity index (χ1n) is 6.98. The first kappa shape index (κ1) is 13.9. The number of amides is 1. The lowest BCUT2D eigenvalue weighted by Crippen LogP contribution is -2.27. The molecule has 4 heteroatoms. The maximum Gasteiger partial charge on any atom is 0.228 e. The largest absolute Gasteiger partial charge is 0.372 e. The van der Waals surface area contributed by atoms with Gasteiger partial charge in [0.15, 0.2) is 0 Å². The van der Waals surface area contributed by atoms with Crippen molar-refractivity contribution in [2.75, 3.05) is 29.9 Å². The molecule has 0 bridgehead atoms. The minimum atomic E-state index is -0.155. The van der Waals surface area contributed by atoms with Crippen molar-refractivity contribution >= 4 is 17.3 Å². The molecule has 2 rings (SSSR count). The molecule has 104 valence electrons. The average Bonchev–Trinajstić information content (AvgIpc) is 2.94. The molecule has 0 spiro atoms. The van der Waals surface area contributed by atoms with E-state index in [1.54, 1.807) is 0 Å². The van der Waals surface area contributed by atoms with E-state index in [-0.39, 0.29) is 11.8 Å². The third-order valence-electron chi connectivity index (χ3n) is 3.74. The van der Waals surface area contributed by atoms with E-state index in [1.807, 2.05) is 19.9 Å². The summed E-state index contributed by atoms with van der Waals surface area (Å²) in [4.78, 5) is 14.2. The number of aryl methyl sites for hydroxylation is 1. The fourth-order valence-corrected chi connectivity index (χ4v) is 2.32. The van der Waals surface area contributed by atoms with Crippen molar-refractivity contribution in [1.82, 2.24) is 0 Å². The Kier molecular flexibility index (Phi) is 4.43. The molecular formula is C15H23N3O. The number of nitrogens with two attached hydrogens (primary N) is 1. The van der Waals surface area contributed by atoms with Gasteiger partial charge in [0, 0.05) is 36.9 Å². The Bertz CT molecular complexity index is 453. The molecule has 3 N–H and O–H groups in total. The van der Waals surface area contributed by atoms with Crippen LogP contribution < -0.4 is 16.0 Å². The summed E-state index contributed by atoms with van der Waals surface area (Å²) in [6.45, 7) is 6.51. The molecule has 1 saturated heterocycles. The molecule has 1 aromatic carbocycles. The summed E-state index contributed by atoms with van der Waals surface area (Å²) < 4.78 is 0. The van der Waals surface area contributed by atoms with E-state index in [2.05, 4.69) is 22.3 Å². The van der Waals surface area contributed by atoms with E-state index in [1.165, 1.54) is 18.5 Å². The predicted octanol–water partition coefficient (Wildman–Crippen LogP) is 2.13. The molecule has 0 radical (unpaired) electrons. The topological polar surface area (TPSA) is 58.4 Å². The number of carbonyl (C=O) groups excluding carboxylic acids is 1. The smallest absolute Gasteiger partial charge is 0.228 e. The minimum absolute atomic E-state index is 0.0143. The van der Waals surface area contributed by atoms with Gasteiger partial charge in [-0.2, -0.15) is 0 Å². The number of anilines is 2. The summed E-state index contributed by atoms with van der Waals surface area (Å²) in [5, 5.41) is 2.94. The SMILES string of the molecule is Cc1cc(N2CCCC2)ccc1NC(=O)C(C)CN. The van der Waals surface area contributed by atoms with Gasteiger partial charge in [0.1, 0.15) is 0 Å². The molecule has 1 aromatic rings. The molecule has 1 unspecified atom stereocenters. The Morgan fingerprint density at radius 3 is 2.68 bits per heavy atom. The molecular weight excluding hydrogens is 238 g/mol. The number of hydrogen-bond acceptors (Lipinski definition) is 3. The molecule has 4 nitrogen and oxygen atoms in total. The van der Waals surface area contributed by atoms with Crippen molar-refractivity contribution in [3.05, 3.63) is 23.8 Å². The van der Waals surface area contributed by atoms with Gasteiger partial charge < -0.3 is 16.0 Å². The summed E-state index contributed by atoms with van der Waals surface area (Å²) in [6.07, 6.45) is 2.54. The zero-order chi connectivity index (χ0) is 13.8. The molecule has 1 fully saturated rings. The first-order chi connectivity index (χ1) is 9.11. The van der Waals surface area contributed by atoms with E-state index >= 15 is 0 Å². The lowest BCUT2D eigenvalue weighted by Gasteiger charge is -2.19. The van der Waals surface area contributed by atoms with Crippen LogP contribution >= 0.6 is 0 Å². The van der Waals surface area contributed by atoms with Crippen LogP contribution in [-0.2, 0) is 4.79 Å². The standard InChI is InChI=1S/C15H23N3O/c1-11-9-13(18-7-3-4-8-18)5-6-14(11)17-15(19)12(2)10-16/h5-6,9,12H,3-4,7-8,10,16H2,1-2H3,(H,17,19). The van der Waals surface area contributed by atoms with Crippen molar-refractivity contribution in [3.8, 4) is 0 Å². The highest BCUT2D eigenvalue weighted by Gasteiger charge is 2.15. The van der Waals surface area contributed by atoms with Gasteiger partial charge in [-0.3, -0.25) is 4.79 Å². The number of rotatable bonds is 4. The summed E-state index contributed by atoms with van der Waals surface area (Å²) in [6, 6.07) is 6.22. The quantitative estimate of drug-likeness (QED) is 0.873. The number of hydrogen-bond donors (Lipinski definition) is 2. The zero-order valence-corrected chi connectivity index (χ0v) is 11.8. The Morgan fingerprint density at radius 1 is 1.42 bits per heavy atom. The Hall–Kier alpha value is -1.55. The molecule has 0 saturated carbocycles. The van der Waals surface area contributed by atoms with Gasteiger partial charge in [-0.25, -0.2) is 0 Å². The summed E-state index contributed by atoms with van der Waals surface area (Å²) >= 11 is 0. The van der Waals surface area contributed by atoms with E-state index in [0.717, 1.165) is 24.3 Å². The third-order valence-corrected chi connectivity index (χ3v) is 3.74. The van der Waals surface area contributed by atoms with Crippen molar-refractivity contribution in [1.29, 1.82) is 0 Å². The second-order valence-electron chi connectivity index (χ2n) is 5.32. The Morgan fingerprint density at radius 2 is 2.11 bits per heavy atom. The number of carbonyl (C=O) groups is 1. The number of benzene rings is 1. The van der Waals surface area contributed by atoms with Crippen LogP contribution in [0.2, 0.25) is 0 Å². The van der Waals surface area contributed by atoms with Crippen molar-refractivity contribution < 1.29 is 4.79 Å². The third kappa shape index (κ3) is 3.26. The maximum atomic E-state index is 11.8. The summed E-state index contributed by atoms with van der Waals surface area (Å²) in [7, 11) is 0. The van der Waals surface area contributed by atoms with Gasteiger partial charge >= 0.3 is 0 Å². The molecule has 1 amide bonds. The normalized spacial score (nSPS) is 16.5. The molecule has 1 heterocycles. The number of nitrogens with zero attached hydrogens (tertiary/aromatic N) is 1. The highest BCUT2D eigenvalue weighted by atomic mass is 16.1. The fourth-order valence-electron chi connectivity index (χ4n) is 2.32. The van der Waals surface area contributed by atoms with Crippen LogP contribution in [0.3, 0.4) is 0 Å². The van der Waals surface area contributed by atoms with Crippen LogP contribution in [0.4, 0.5) is 11.4 Å². The molecule has 0 aliphatic carbocycles. The van der Waals surface area contributed by atoms with Crippen molar-refractivity contribution in [2.24, 2.45) is 11.7 Å². The van der Waals surface area contributed by atoms with E-state index < -0.39 is 0 Å². The number of nitrogens with one attached hydrogen (secondary N) is 1. The van der Waals surface area contributed by atoms with Crippen LogP contribution in [0.25, 0.3) is 0 Å². The van der Waals surface area contributed by atoms with Gasteiger partial charge in [0.2, 0.25) is 5.91 Å². The first-order valence-corrected chi connectivity index (χ1v) is 6.98. The van der Waals surface area contributed by atoms with E-state index in [4.69, 9.17) is 5.73 Å².